The highest BCUT2D eigenvalue weighted by molar-refractivity contribution is 7.08. The third-order valence-electron chi connectivity index (χ3n) is 3.83. The van der Waals surface area contributed by atoms with Crippen LogP contribution in [0.25, 0.3) is 10.9 Å². The second-order valence-electron chi connectivity index (χ2n) is 5.40. The van der Waals surface area contributed by atoms with Gasteiger partial charge < -0.3 is 9.88 Å². The Kier molecular flexibility index (Phi) is 4.32. The van der Waals surface area contributed by atoms with Crippen LogP contribution < -0.4 is 10.8 Å². The first-order chi connectivity index (χ1) is 11.5. The van der Waals surface area contributed by atoms with Gasteiger partial charge in [0.25, 0.3) is 11.8 Å². The molecule has 0 spiro atoms. The van der Waals surface area contributed by atoms with Crippen molar-refractivity contribution in [1.29, 1.82) is 0 Å². The van der Waals surface area contributed by atoms with E-state index in [4.69, 9.17) is 5.21 Å². The van der Waals surface area contributed by atoms with Gasteiger partial charge in [-0.2, -0.15) is 4.37 Å². The number of aromatic nitrogens is 2. The Morgan fingerprint density at radius 3 is 2.71 bits per heavy atom. The predicted octanol–water partition coefficient (Wildman–Crippen LogP) is 2.24. The second-order valence-corrected chi connectivity index (χ2v) is 6.20. The summed E-state index contributed by atoms with van der Waals surface area (Å²) in [5.74, 6) is -0.840. The van der Waals surface area contributed by atoms with E-state index in [-0.39, 0.29) is 16.8 Å². The van der Waals surface area contributed by atoms with Gasteiger partial charge in [0, 0.05) is 18.0 Å². The maximum atomic E-state index is 12.5. The number of para-hydroxylation sites is 1. The molecular weight excluding hydrogens is 328 g/mol. The van der Waals surface area contributed by atoms with Gasteiger partial charge in [-0.25, -0.2) is 5.48 Å². The molecular formula is C16H16N4O3S. The van der Waals surface area contributed by atoms with E-state index in [0.29, 0.717) is 11.4 Å². The lowest BCUT2D eigenvalue weighted by Gasteiger charge is -2.12. The molecule has 1 aromatic carbocycles. The molecule has 0 fully saturated rings. The van der Waals surface area contributed by atoms with Gasteiger partial charge in [0.15, 0.2) is 0 Å². The van der Waals surface area contributed by atoms with Gasteiger partial charge in [0.2, 0.25) is 0 Å². The van der Waals surface area contributed by atoms with Crippen LogP contribution in [0.1, 0.15) is 38.8 Å². The Hall–Kier alpha value is -2.71. The van der Waals surface area contributed by atoms with Gasteiger partial charge in [-0.1, -0.05) is 18.2 Å². The Morgan fingerprint density at radius 2 is 2.00 bits per heavy atom. The van der Waals surface area contributed by atoms with Gasteiger partial charge in [0.05, 0.1) is 11.7 Å². The average Bonchev–Trinajstić information content (AvgIpc) is 3.20. The standard InChI is InChI=1S/C16H16N4O3S/c1-9(11-8-14(24-19-11)16(22)18-23)17-15(21)13-7-10-5-3-4-6-12(10)20(13)2/h3-9,23H,1-2H3,(H,17,21)(H,18,22)/t9-/m0/s1. The number of fused-ring (bicyclic) bond motifs is 1. The Balaban J connectivity index is 1.79. The highest BCUT2D eigenvalue weighted by atomic mass is 32.1. The molecule has 2 amide bonds. The lowest BCUT2D eigenvalue weighted by molar-refractivity contribution is 0.0711. The molecule has 3 aromatic rings. The van der Waals surface area contributed by atoms with Crippen LogP contribution in [0.2, 0.25) is 0 Å². The predicted molar refractivity (Wildman–Crippen MR) is 90.2 cm³/mol. The van der Waals surface area contributed by atoms with Crippen LogP contribution in [-0.4, -0.2) is 26.0 Å². The van der Waals surface area contributed by atoms with Crippen LogP contribution in [0.5, 0.6) is 0 Å². The number of carbonyl (C=O) groups excluding carboxylic acids is 2. The Morgan fingerprint density at radius 1 is 1.25 bits per heavy atom. The molecule has 0 saturated carbocycles. The molecule has 3 N–H and O–H groups in total. The van der Waals surface area contributed by atoms with Gasteiger partial charge in [-0.3, -0.25) is 14.8 Å². The molecule has 0 saturated heterocycles. The van der Waals surface area contributed by atoms with Crippen molar-refractivity contribution in [2.24, 2.45) is 7.05 Å². The van der Waals surface area contributed by atoms with Crippen LogP contribution in [0.3, 0.4) is 0 Å². The highest BCUT2D eigenvalue weighted by Gasteiger charge is 2.19. The number of amides is 2. The number of benzene rings is 1. The molecule has 3 rings (SSSR count). The molecule has 7 nitrogen and oxygen atoms in total. The van der Waals surface area contributed by atoms with Crippen LogP contribution in [0, 0.1) is 0 Å². The molecule has 0 radical (unpaired) electrons. The summed E-state index contributed by atoms with van der Waals surface area (Å²) in [4.78, 5) is 24.2. The smallest absolute Gasteiger partial charge is 0.286 e. The van der Waals surface area contributed by atoms with Crippen LogP contribution >= 0.6 is 11.5 Å². The molecule has 8 heteroatoms. The molecule has 124 valence electrons. The summed E-state index contributed by atoms with van der Waals surface area (Å²) < 4.78 is 5.98. The van der Waals surface area contributed by atoms with E-state index in [1.54, 1.807) is 18.5 Å². The maximum Gasteiger partial charge on any atom is 0.286 e. The van der Waals surface area contributed by atoms with E-state index < -0.39 is 5.91 Å². The van der Waals surface area contributed by atoms with E-state index in [9.17, 15) is 9.59 Å². The van der Waals surface area contributed by atoms with E-state index in [1.807, 2.05) is 41.9 Å². The summed E-state index contributed by atoms with van der Waals surface area (Å²) in [7, 11) is 1.84. The van der Waals surface area contributed by atoms with Crippen LogP contribution in [-0.2, 0) is 7.05 Å². The molecule has 0 unspecified atom stereocenters. The van der Waals surface area contributed by atoms with Gasteiger partial charge in [0.1, 0.15) is 10.6 Å². The number of hydroxylamine groups is 1. The Bertz CT molecular complexity index is 915. The van der Waals surface area contributed by atoms with Crippen molar-refractivity contribution in [2.45, 2.75) is 13.0 Å². The summed E-state index contributed by atoms with van der Waals surface area (Å²) >= 11 is 0.962. The zero-order valence-corrected chi connectivity index (χ0v) is 13.9. The van der Waals surface area contributed by atoms with Crippen molar-refractivity contribution in [3.63, 3.8) is 0 Å². The molecule has 1 atom stereocenters. The van der Waals surface area contributed by atoms with E-state index in [1.165, 1.54) is 0 Å². The fraction of sp³-hybridized carbons (Fsp3) is 0.188. The maximum absolute atomic E-state index is 12.5. The van der Waals surface area contributed by atoms with Gasteiger partial charge >= 0.3 is 0 Å². The van der Waals surface area contributed by atoms with E-state index in [0.717, 1.165) is 22.4 Å². The molecule has 0 bridgehead atoms. The lowest BCUT2D eigenvalue weighted by Crippen LogP contribution is -2.28. The molecule has 24 heavy (non-hydrogen) atoms. The number of aryl methyl sites for hydroxylation is 1. The topological polar surface area (TPSA) is 96.2 Å². The number of nitrogens with one attached hydrogen (secondary N) is 2. The number of hydrogen-bond acceptors (Lipinski definition) is 5. The van der Waals surface area contributed by atoms with Crippen LogP contribution in [0.15, 0.2) is 36.4 Å². The zero-order valence-electron chi connectivity index (χ0n) is 13.1. The monoisotopic (exact) mass is 344 g/mol. The van der Waals surface area contributed by atoms with Gasteiger partial charge in [-0.15, -0.1) is 0 Å². The van der Waals surface area contributed by atoms with Crippen molar-refractivity contribution < 1.29 is 14.8 Å². The number of nitrogens with zero attached hydrogens (tertiary/aromatic N) is 2. The molecule has 0 aliphatic heterocycles. The van der Waals surface area contributed by atoms with Crippen LogP contribution in [0.4, 0.5) is 0 Å². The third kappa shape index (κ3) is 2.89. The normalized spacial score (nSPS) is 12.1. The molecule has 0 aliphatic carbocycles. The van der Waals surface area contributed by atoms with Crippen molar-refractivity contribution in [3.05, 3.63) is 52.7 Å². The van der Waals surface area contributed by atoms with Gasteiger partial charge in [-0.05, 0) is 36.7 Å². The molecule has 0 aliphatic rings. The van der Waals surface area contributed by atoms with Crippen molar-refractivity contribution in [3.8, 4) is 0 Å². The fourth-order valence-corrected chi connectivity index (χ4v) is 3.22. The quantitative estimate of drug-likeness (QED) is 0.499. The number of carbonyl (C=O) groups is 2. The summed E-state index contributed by atoms with van der Waals surface area (Å²) in [6.45, 7) is 1.79. The number of hydrogen-bond donors (Lipinski definition) is 3. The number of rotatable bonds is 4. The summed E-state index contributed by atoms with van der Waals surface area (Å²) in [6.07, 6.45) is 0. The summed E-state index contributed by atoms with van der Waals surface area (Å²) in [5.41, 5.74) is 3.65. The summed E-state index contributed by atoms with van der Waals surface area (Å²) in [5, 5.41) is 12.5. The van der Waals surface area contributed by atoms with Crippen molar-refractivity contribution in [1.82, 2.24) is 19.7 Å². The first kappa shape index (κ1) is 16.2. The largest absolute Gasteiger partial charge is 0.343 e. The SMILES string of the molecule is C[C@H](NC(=O)c1cc2ccccc2n1C)c1cc(C(=O)NO)sn1. The molecule has 2 aromatic heterocycles. The Labute approximate surface area is 142 Å². The summed E-state index contributed by atoms with van der Waals surface area (Å²) in [6, 6.07) is 10.8. The van der Waals surface area contributed by atoms with E-state index in [2.05, 4.69) is 9.69 Å². The van der Waals surface area contributed by atoms with Crippen molar-refractivity contribution >= 4 is 34.2 Å². The minimum Gasteiger partial charge on any atom is -0.343 e. The third-order valence-corrected chi connectivity index (χ3v) is 4.63. The minimum absolute atomic E-state index is 0.220. The zero-order chi connectivity index (χ0) is 17.3. The lowest BCUT2D eigenvalue weighted by atomic mass is 10.2. The highest BCUT2D eigenvalue weighted by Crippen LogP contribution is 2.20. The average molecular weight is 344 g/mol. The fourth-order valence-electron chi connectivity index (χ4n) is 2.51. The van der Waals surface area contributed by atoms with Crippen molar-refractivity contribution in [2.75, 3.05) is 0 Å². The first-order valence-corrected chi connectivity index (χ1v) is 8.05. The minimum atomic E-state index is -0.619. The first-order valence-electron chi connectivity index (χ1n) is 7.27. The second kappa shape index (κ2) is 6.42. The molecule has 2 heterocycles. The van der Waals surface area contributed by atoms with E-state index >= 15 is 0 Å².